The van der Waals surface area contributed by atoms with Gasteiger partial charge in [-0.15, -0.1) is 0 Å². The van der Waals surface area contributed by atoms with Gasteiger partial charge in [0, 0.05) is 19.1 Å². The van der Waals surface area contributed by atoms with E-state index >= 15 is 0 Å². The quantitative estimate of drug-likeness (QED) is 0.776. The summed E-state index contributed by atoms with van der Waals surface area (Å²) < 4.78 is 0. The Hall–Kier alpha value is -0.900. The molecule has 1 aromatic carbocycles. The summed E-state index contributed by atoms with van der Waals surface area (Å²) in [7, 11) is 4.06. The third-order valence-electron chi connectivity index (χ3n) is 3.36. The maximum atomic E-state index is 8.99. The zero-order chi connectivity index (χ0) is 13.6. The van der Waals surface area contributed by atoms with Crippen LogP contribution in [-0.2, 0) is 0 Å². The molecule has 1 unspecified atom stereocenters. The number of aliphatic hydroxyl groups is 1. The Bertz CT molecular complexity index is 338. The summed E-state index contributed by atoms with van der Waals surface area (Å²) in [5, 5.41) is 12.4. The average molecular weight is 250 g/mol. The van der Waals surface area contributed by atoms with Crippen LogP contribution in [0.3, 0.4) is 0 Å². The summed E-state index contributed by atoms with van der Waals surface area (Å²) in [5.41, 5.74) is 1.41. The molecular formula is C15H26N2O. The van der Waals surface area contributed by atoms with Crippen molar-refractivity contribution in [3.8, 4) is 0 Å². The Balaban J connectivity index is 2.80. The molecule has 0 amide bonds. The summed E-state index contributed by atoms with van der Waals surface area (Å²) in [6.07, 6.45) is 0. The van der Waals surface area contributed by atoms with Crippen molar-refractivity contribution in [3.05, 3.63) is 35.9 Å². The Morgan fingerprint density at radius 1 is 1.28 bits per heavy atom. The molecule has 0 heterocycles. The summed E-state index contributed by atoms with van der Waals surface area (Å²) in [6, 6.07) is 10.8. The number of nitrogens with zero attached hydrogens (tertiary/aromatic N) is 1. The van der Waals surface area contributed by atoms with Gasteiger partial charge in [-0.1, -0.05) is 44.2 Å². The monoisotopic (exact) mass is 250 g/mol. The second kappa shape index (κ2) is 6.88. The summed E-state index contributed by atoms with van der Waals surface area (Å²) in [6.45, 7) is 6.38. The first kappa shape index (κ1) is 15.2. The smallest absolute Gasteiger partial charge is 0.0558 e. The predicted molar refractivity (Wildman–Crippen MR) is 76.6 cm³/mol. The second-order valence-electron chi connectivity index (χ2n) is 5.58. The van der Waals surface area contributed by atoms with Gasteiger partial charge < -0.3 is 15.3 Å². The van der Waals surface area contributed by atoms with Gasteiger partial charge in [-0.3, -0.25) is 0 Å². The Morgan fingerprint density at radius 2 is 1.89 bits per heavy atom. The molecule has 0 bridgehead atoms. The topological polar surface area (TPSA) is 35.5 Å². The lowest BCUT2D eigenvalue weighted by atomic mass is 9.80. The fourth-order valence-electron chi connectivity index (χ4n) is 2.69. The zero-order valence-corrected chi connectivity index (χ0v) is 12.0. The van der Waals surface area contributed by atoms with Crippen molar-refractivity contribution < 1.29 is 5.11 Å². The van der Waals surface area contributed by atoms with Crippen LogP contribution in [0.15, 0.2) is 30.3 Å². The normalized spacial score (nSPS) is 13.9. The van der Waals surface area contributed by atoms with E-state index in [1.165, 1.54) is 5.56 Å². The molecule has 0 aliphatic heterocycles. The molecule has 1 atom stereocenters. The Labute approximate surface area is 111 Å². The first-order chi connectivity index (χ1) is 8.51. The Kier molecular flexibility index (Phi) is 5.79. The van der Waals surface area contributed by atoms with Crippen LogP contribution >= 0.6 is 0 Å². The van der Waals surface area contributed by atoms with Crippen molar-refractivity contribution in [1.82, 2.24) is 10.2 Å². The van der Waals surface area contributed by atoms with Gasteiger partial charge in [-0.2, -0.15) is 0 Å². The summed E-state index contributed by atoms with van der Waals surface area (Å²) in [5.74, 6) is 0. The number of likely N-dealkylation sites (N-methyl/N-ethyl adjacent to an activating group) is 1. The van der Waals surface area contributed by atoms with Crippen LogP contribution in [0, 0.1) is 5.41 Å². The number of hydrogen-bond acceptors (Lipinski definition) is 3. The molecule has 3 heteroatoms. The first-order valence-electron chi connectivity index (χ1n) is 6.53. The molecule has 3 nitrogen and oxygen atoms in total. The fourth-order valence-corrected chi connectivity index (χ4v) is 2.69. The Morgan fingerprint density at radius 3 is 2.39 bits per heavy atom. The third kappa shape index (κ3) is 4.09. The molecule has 0 spiro atoms. The number of hydrogen-bond donors (Lipinski definition) is 2. The first-order valence-corrected chi connectivity index (χ1v) is 6.53. The van der Waals surface area contributed by atoms with E-state index in [1.54, 1.807) is 0 Å². The van der Waals surface area contributed by atoms with Crippen molar-refractivity contribution in [2.45, 2.75) is 19.9 Å². The van der Waals surface area contributed by atoms with Crippen LogP contribution in [-0.4, -0.2) is 43.8 Å². The summed E-state index contributed by atoms with van der Waals surface area (Å²) >= 11 is 0. The highest BCUT2D eigenvalue weighted by atomic mass is 16.3. The molecule has 0 aliphatic rings. The van der Waals surface area contributed by atoms with E-state index in [0.29, 0.717) is 12.6 Å². The maximum Gasteiger partial charge on any atom is 0.0558 e. The minimum Gasteiger partial charge on any atom is -0.395 e. The number of nitrogens with one attached hydrogen (secondary N) is 1. The van der Waals surface area contributed by atoms with Crippen molar-refractivity contribution in [2.24, 2.45) is 5.41 Å². The molecule has 1 aromatic rings. The average Bonchev–Trinajstić information content (AvgIpc) is 2.30. The molecule has 0 radical (unpaired) electrons. The molecule has 102 valence electrons. The zero-order valence-electron chi connectivity index (χ0n) is 12.0. The van der Waals surface area contributed by atoms with Crippen molar-refractivity contribution in [2.75, 3.05) is 33.8 Å². The van der Waals surface area contributed by atoms with E-state index in [9.17, 15) is 0 Å². The van der Waals surface area contributed by atoms with Crippen molar-refractivity contribution in [1.29, 1.82) is 0 Å². The van der Waals surface area contributed by atoms with Gasteiger partial charge in [0.15, 0.2) is 0 Å². The predicted octanol–water partition coefficient (Wildman–Crippen LogP) is 1.90. The van der Waals surface area contributed by atoms with E-state index in [1.807, 2.05) is 13.1 Å². The SMILES string of the molecule is CNC(c1ccccc1)C(C)(C)CN(C)CCO. The summed E-state index contributed by atoms with van der Waals surface area (Å²) in [4.78, 5) is 2.17. The molecule has 0 aliphatic carbocycles. The molecule has 0 saturated heterocycles. The van der Waals surface area contributed by atoms with E-state index in [2.05, 4.69) is 55.4 Å². The lowest BCUT2D eigenvalue weighted by molar-refractivity contribution is 0.139. The lowest BCUT2D eigenvalue weighted by Crippen LogP contribution is -2.41. The highest BCUT2D eigenvalue weighted by Gasteiger charge is 2.30. The van der Waals surface area contributed by atoms with E-state index in [-0.39, 0.29) is 12.0 Å². The highest BCUT2D eigenvalue weighted by Crippen LogP contribution is 2.33. The van der Waals surface area contributed by atoms with Crippen LogP contribution in [0.1, 0.15) is 25.5 Å². The molecule has 0 aromatic heterocycles. The molecule has 18 heavy (non-hydrogen) atoms. The van der Waals surface area contributed by atoms with Crippen LogP contribution in [0.2, 0.25) is 0 Å². The number of benzene rings is 1. The van der Waals surface area contributed by atoms with Gasteiger partial charge in [0.05, 0.1) is 6.61 Å². The van der Waals surface area contributed by atoms with Crippen LogP contribution in [0.5, 0.6) is 0 Å². The van der Waals surface area contributed by atoms with Gasteiger partial charge >= 0.3 is 0 Å². The van der Waals surface area contributed by atoms with Crippen molar-refractivity contribution in [3.63, 3.8) is 0 Å². The molecule has 2 N–H and O–H groups in total. The lowest BCUT2D eigenvalue weighted by Gasteiger charge is -2.37. The number of aliphatic hydroxyl groups excluding tert-OH is 1. The molecule has 0 saturated carbocycles. The van der Waals surface area contributed by atoms with Crippen molar-refractivity contribution >= 4 is 0 Å². The maximum absolute atomic E-state index is 8.99. The molecule has 1 rings (SSSR count). The number of rotatable bonds is 7. The standard InChI is InChI=1S/C15H26N2O/c1-15(2,12-17(4)10-11-18)14(16-3)13-8-6-5-7-9-13/h5-9,14,16,18H,10-12H2,1-4H3. The third-order valence-corrected chi connectivity index (χ3v) is 3.36. The second-order valence-corrected chi connectivity index (χ2v) is 5.58. The minimum atomic E-state index is 0.0972. The van der Waals surface area contributed by atoms with Crippen LogP contribution in [0.4, 0.5) is 0 Å². The molecular weight excluding hydrogens is 224 g/mol. The minimum absolute atomic E-state index is 0.0972. The van der Waals surface area contributed by atoms with Gasteiger partial charge in [-0.05, 0) is 25.1 Å². The van der Waals surface area contributed by atoms with E-state index < -0.39 is 0 Å². The van der Waals surface area contributed by atoms with Gasteiger partial charge in [0.25, 0.3) is 0 Å². The van der Waals surface area contributed by atoms with Crippen LogP contribution < -0.4 is 5.32 Å². The van der Waals surface area contributed by atoms with E-state index in [4.69, 9.17) is 5.11 Å². The van der Waals surface area contributed by atoms with Gasteiger partial charge in [0.1, 0.15) is 0 Å². The fraction of sp³-hybridized carbons (Fsp3) is 0.600. The highest BCUT2D eigenvalue weighted by molar-refractivity contribution is 5.21. The van der Waals surface area contributed by atoms with E-state index in [0.717, 1.165) is 6.54 Å². The van der Waals surface area contributed by atoms with Gasteiger partial charge in [-0.25, -0.2) is 0 Å². The van der Waals surface area contributed by atoms with Crippen LogP contribution in [0.25, 0.3) is 0 Å². The van der Waals surface area contributed by atoms with Gasteiger partial charge in [0.2, 0.25) is 0 Å². The largest absolute Gasteiger partial charge is 0.395 e. The molecule has 0 fully saturated rings.